The summed E-state index contributed by atoms with van der Waals surface area (Å²) in [4.78, 5) is 12.0. The van der Waals surface area contributed by atoms with E-state index >= 15 is 0 Å². The first-order chi connectivity index (χ1) is 8.52. The summed E-state index contributed by atoms with van der Waals surface area (Å²) in [5.74, 6) is 1.15. The lowest BCUT2D eigenvalue weighted by Gasteiger charge is -2.12. The average molecular weight is 265 g/mol. The molecule has 0 spiro atoms. The first-order valence-corrected chi connectivity index (χ1v) is 7.58. The molecular weight excluding hydrogens is 242 g/mol. The zero-order chi connectivity index (χ0) is 13.5. The van der Waals surface area contributed by atoms with Crippen LogP contribution < -0.4 is 5.32 Å². The van der Waals surface area contributed by atoms with Crippen LogP contribution >= 0.6 is 11.8 Å². The molecule has 0 aliphatic carbocycles. The zero-order valence-electron chi connectivity index (χ0n) is 11.7. The van der Waals surface area contributed by atoms with Crippen molar-refractivity contribution in [2.45, 2.75) is 45.8 Å². The van der Waals surface area contributed by atoms with Gasteiger partial charge in [-0.1, -0.05) is 19.4 Å². The number of benzene rings is 1. The monoisotopic (exact) mass is 265 g/mol. The number of hydrogen-bond acceptors (Lipinski definition) is 2. The summed E-state index contributed by atoms with van der Waals surface area (Å²) in [5.41, 5.74) is 3.26. The Hall–Kier alpha value is -0.960. The fourth-order valence-electron chi connectivity index (χ4n) is 1.77. The molecule has 3 heteroatoms. The Balaban J connectivity index is 2.52. The van der Waals surface area contributed by atoms with E-state index in [1.54, 1.807) is 11.8 Å². The summed E-state index contributed by atoms with van der Waals surface area (Å²) in [7, 11) is 0. The van der Waals surface area contributed by atoms with Crippen LogP contribution in [0.25, 0.3) is 0 Å². The van der Waals surface area contributed by atoms with Crippen molar-refractivity contribution in [2.24, 2.45) is 0 Å². The molecule has 0 bridgehead atoms. The predicted molar refractivity (Wildman–Crippen MR) is 81.4 cm³/mol. The Morgan fingerprint density at radius 3 is 2.44 bits per heavy atom. The second-order valence-electron chi connectivity index (χ2n) is 4.73. The van der Waals surface area contributed by atoms with Gasteiger partial charge in [0.15, 0.2) is 0 Å². The Morgan fingerprint density at radius 1 is 1.28 bits per heavy atom. The van der Waals surface area contributed by atoms with Gasteiger partial charge in [0, 0.05) is 5.69 Å². The van der Waals surface area contributed by atoms with Gasteiger partial charge in [-0.3, -0.25) is 4.79 Å². The number of carbonyl (C=O) groups excluding carboxylic acids is 1. The fourth-order valence-corrected chi connectivity index (χ4v) is 2.79. The highest BCUT2D eigenvalue weighted by atomic mass is 32.2. The maximum atomic E-state index is 12.0. The normalized spacial score (nSPS) is 12.2. The summed E-state index contributed by atoms with van der Waals surface area (Å²) < 4.78 is 0. The lowest BCUT2D eigenvalue weighted by atomic mass is 10.1. The van der Waals surface area contributed by atoms with E-state index in [-0.39, 0.29) is 11.2 Å². The molecule has 0 saturated heterocycles. The number of rotatable bonds is 6. The minimum atomic E-state index is 0.0115. The quantitative estimate of drug-likeness (QED) is 0.782. The number of unbranched alkanes of at least 4 members (excludes halogenated alkanes) is 1. The molecular formula is C15H23NOS. The van der Waals surface area contributed by atoms with Crippen LogP contribution in [0.2, 0.25) is 0 Å². The van der Waals surface area contributed by atoms with Crippen LogP contribution in [-0.4, -0.2) is 16.9 Å². The van der Waals surface area contributed by atoms with Crippen LogP contribution in [0.4, 0.5) is 5.69 Å². The SMILES string of the molecule is CCCCSC(C)C(=O)Nc1cc(C)cc(C)c1. The molecule has 1 aromatic carbocycles. The highest BCUT2D eigenvalue weighted by Gasteiger charge is 2.13. The molecule has 0 aliphatic rings. The zero-order valence-corrected chi connectivity index (χ0v) is 12.6. The maximum absolute atomic E-state index is 12.0. The van der Waals surface area contributed by atoms with E-state index in [0.717, 1.165) is 11.4 Å². The van der Waals surface area contributed by atoms with Crippen LogP contribution in [0, 0.1) is 13.8 Å². The lowest BCUT2D eigenvalue weighted by Crippen LogP contribution is -2.22. The standard InChI is InChI=1S/C15H23NOS/c1-5-6-7-18-13(4)15(17)16-14-9-11(2)8-12(3)10-14/h8-10,13H,5-7H2,1-4H3,(H,16,17). The minimum absolute atomic E-state index is 0.0115. The number of carbonyl (C=O) groups is 1. The van der Waals surface area contributed by atoms with E-state index < -0.39 is 0 Å². The number of hydrogen-bond donors (Lipinski definition) is 1. The van der Waals surface area contributed by atoms with Gasteiger partial charge in [-0.2, -0.15) is 0 Å². The number of aryl methyl sites for hydroxylation is 2. The van der Waals surface area contributed by atoms with Crippen LogP contribution in [0.5, 0.6) is 0 Å². The number of anilines is 1. The molecule has 0 aromatic heterocycles. The van der Waals surface area contributed by atoms with Crippen molar-refractivity contribution in [2.75, 3.05) is 11.1 Å². The molecule has 2 nitrogen and oxygen atoms in total. The molecule has 1 unspecified atom stereocenters. The second kappa shape index (κ2) is 7.47. The average Bonchev–Trinajstić information content (AvgIpc) is 2.27. The van der Waals surface area contributed by atoms with Gasteiger partial charge in [-0.15, -0.1) is 11.8 Å². The summed E-state index contributed by atoms with van der Waals surface area (Å²) in [6.07, 6.45) is 2.35. The number of amides is 1. The van der Waals surface area contributed by atoms with E-state index in [1.807, 2.05) is 32.9 Å². The maximum Gasteiger partial charge on any atom is 0.237 e. The molecule has 1 N–H and O–H groups in total. The van der Waals surface area contributed by atoms with Crippen molar-refractivity contribution in [3.63, 3.8) is 0 Å². The van der Waals surface area contributed by atoms with Crippen molar-refractivity contribution in [1.82, 2.24) is 0 Å². The molecule has 0 heterocycles. The van der Waals surface area contributed by atoms with Gasteiger partial charge in [-0.25, -0.2) is 0 Å². The fraction of sp³-hybridized carbons (Fsp3) is 0.533. The van der Waals surface area contributed by atoms with Crippen molar-refractivity contribution in [1.29, 1.82) is 0 Å². The van der Waals surface area contributed by atoms with Crippen molar-refractivity contribution in [3.8, 4) is 0 Å². The summed E-state index contributed by atoms with van der Waals surface area (Å²) in [6.45, 7) is 8.23. The third kappa shape index (κ3) is 5.13. The Labute approximate surface area is 115 Å². The van der Waals surface area contributed by atoms with Gasteiger partial charge in [0.25, 0.3) is 0 Å². The lowest BCUT2D eigenvalue weighted by molar-refractivity contribution is -0.115. The van der Waals surface area contributed by atoms with E-state index in [1.165, 1.54) is 24.0 Å². The van der Waals surface area contributed by atoms with Gasteiger partial charge in [0.05, 0.1) is 5.25 Å². The van der Waals surface area contributed by atoms with Gasteiger partial charge < -0.3 is 5.32 Å². The molecule has 0 radical (unpaired) electrons. The minimum Gasteiger partial charge on any atom is -0.325 e. The smallest absolute Gasteiger partial charge is 0.237 e. The Morgan fingerprint density at radius 2 is 1.89 bits per heavy atom. The van der Waals surface area contributed by atoms with E-state index in [4.69, 9.17) is 0 Å². The third-order valence-electron chi connectivity index (χ3n) is 2.72. The highest BCUT2D eigenvalue weighted by Crippen LogP contribution is 2.17. The van der Waals surface area contributed by atoms with Crippen molar-refractivity contribution in [3.05, 3.63) is 29.3 Å². The molecule has 0 saturated carbocycles. The van der Waals surface area contributed by atoms with Crippen LogP contribution in [0.1, 0.15) is 37.8 Å². The highest BCUT2D eigenvalue weighted by molar-refractivity contribution is 8.00. The van der Waals surface area contributed by atoms with Gasteiger partial charge >= 0.3 is 0 Å². The van der Waals surface area contributed by atoms with E-state index in [0.29, 0.717) is 0 Å². The third-order valence-corrected chi connectivity index (χ3v) is 3.96. The molecule has 1 atom stereocenters. The van der Waals surface area contributed by atoms with Crippen molar-refractivity contribution >= 4 is 23.4 Å². The van der Waals surface area contributed by atoms with Crippen LogP contribution in [-0.2, 0) is 4.79 Å². The topological polar surface area (TPSA) is 29.1 Å². The summed E-state index contributed by atoms with van der Waals surface area (Å²) in [5, 5.41) is 3.00. The molecule has 1 aromatic rings. The van der Waals surface area contributed by atoms with Crippen molar-refractivity contribution < 1.29 is 4.79 Å². The van der Waals surface area contributed by atoms with Crippen LogP contribution in [0.3, 0.4) is 0 Å². The van der Waals surface area contributed by atoms with E-state index in [9.17, 15) is 4.79 Å². The van der Waals surface area contributed by atoms with Crippen LogP contribution in [0.15, 0.2) is 18.2 Å². The van der Waals surface area contributed by atoms with Gasteiger partial charge in [0.1, 0.15) is 0 Å². The van der Waals surface area contributed by atoms with E-state index in [2.05, 4.69) is 18.3 Å². The summed E-state index contributed by atoms with van der Waals surface area (Å²) >= 11 is 1.72. The molecule has 100 valence electrons. The first-order valence-electron chi connectivity index (χ1n) is 6.53. The molecule has 1 amide bonds. The largest absolute Gasteiger partial charge is 0.325 e. The number of nitrogens with one attached hydrogen (secondary N) is 1. The van der Waals surface area contributed by atoms with Gasteiger partial charge in [-0.05, 0) is 56.2 Å². The molecule has 0 fully saturated rings. The molecule has 18 heavy (non-hydrogen) atoms. The summed E-state index contributed by atoms with van der Waals surface area (Å²) in [6, 6.07) is 6.12. The Kier molecular flexibility index (Phi) is 6.27. The predicted octanol–water partition coefficient (Wildman–Crippen LogP) is 4.16. The second-order valence-corrected chi connectivity index (χ2v) is 6.18. The molecule has 0 aliphatic heterocycles. The first kappa shape index (κ1) is 15.1. The molecule has 1 rings (SSSR count). The Bertz CT molecular complexity index is 383. The number of thioether (sulfide) groups is 1. The van der Waals surface area contributed by atoms with Gasteiger partial charge in [0.2, 0.25) is 5.91 Å².